The van der Waals surface area contributed by atoms with Crippen molar-refractivity contribution in [2.24, 2.45) is 15.7 Å². The molecule has 1 aliphatic heterocycles. The van der Waals surface area contributed by atoms with Crippen LogP contribution in [0.4, 0.5) is 5.69 Å². The lowest BCUT2D eigenvalue weighted by molar-refractivity contribution is 0.260. The molecule has 1 atom stereocenters. The largest absolute Gasteiger partial charge is 0.464 e. The summed E-state index contributed by atoms with van der Waals surface area (Å²) in [6.45, 7) is 0.469. The Kier molecular flexibility index (Phi) is 6.87. The van der Waals surface area contributed by atoms with Crippen LogP contribution in [0.15, 0.2) is 143 Å². The molecule has 0 saturated heterocycles. The lowest BCUT2D eigenvalue weighted by Crippen LogP contribution is -2.16. The summed E-state index contributed by atoms with van der Waals surface area (Å²) in [5.74, 6) is 1.91. The molecule has 1 aliphatic rings. The lowest BCUT2D eigenvalue weighted by atomic mass is 9.98. The van der Waals surface area contributed by atoms with Gasteiger partial charge in [0.05, 0.1) is 12.2 Å². The van der Waals surface area contributed by atoms with Gasteiger partial charge in [-0.2, -0.15) is 0 Å². The van der Waals surface area contributed by atoms with Crippen molar-refractivity contribution in [3.8, 4) is 16.9 Å². The average molecular weight is 509 g/mol. The highest BCUT2D eigenvalue weighted by Crippen LogP contribution is 2.38. The van der Waals surface area contributed by atoms with E-state index < -0.39 is 0 Å². The van der Waals surface area contributed by atoms with Crippen molar-refractivity contribution >= 4 is 17.4 Å². The predicted molar refractivity (Wildman–Crippen MR) is 159 cm³/mol. The van der Waals surface area contributed by atoms with Gasteiger partial charge in [-0.3, -0.25) is 4.99 Å². The molecule has 0 bridgehead atoms. The van der Waals surface area contributed by atoms with Crippen molar-refractivity contribution in [1.29, 1.82) is 0 Å². The molecule has 5 aromatic carbocycles. The highest BCUT2D eigenvalue weighted by Gasteiger charge is 2.22. The van der Waals surface area contributed by atoms with Gasteiger partial charge in [0.2, 0.25) is 0 Å². The van der Waals surface area contributed by atoms with Gasteiger partial charge >= 0.3 is 0 Å². The molecular weight excluding hydrogens is 480 g/mol. The predicted octanol–water partition coefficient (Wildman–Crippen LogP) is 7.21. The number of hydrogen-bond acceptors (Lipinski definition) is 3. The van der Waals surface area contributed by atoms with E-state index in [-0.39, 0.29) is 6.23 Å². The van der Waals surface area contributed by atoms with E-state index in [1.807, 2.05) is 91.0 Å². The third kappa shape index (κ3) is 5.43. The van der Waals surface area contributed by atoms with Gasteiger partial charge in [0.25, 0.3) is 0 Å². The molecule has 0 fully saturated rings. The average Bonchev–Trinajstić information content (AvgIpc) is 3.45. The Morgan fingerprint density at radius 1 is 0.692 bits per heavy atom. The smallest absolute Gasteiger partial charge is 0.196 e. The lowest BCUT2D eigenvalue weighted by Gasteiger charge is -2.14. The fourth-order valence-corrected chi connectivity index (χ4v) is 4.64. The fraction of sp³-hybridized carbons (Fsp3) is 0.0588. The summed E-state index contributed by atoms with van der Waals surface area (Å²) >= 11 is 0. The molecule has 0 aromatic heterocycles. The van der Waals surface area contributed by atoms with Crippen LogP contribution < -0.4 is 15.8 Å². The molecule has 0 amide bonds. The number of amidine groups is 2. The second-order valence-corrected chi connectivity index (χ2v) is 9.29. The van der Waals surface area contributed by atoms with Crippen LogP contribution in [0.2, 0.25) is 0 Å². The third-order valence-corrected chi connectivity index (χ3v) is 6.69. The standard InChI is InChI=1S/C34H28N4O/c35-32(25-11-3-1-4-12-25)38-33(26-13-5-2-6-14-26)36-23-28-15-7-8-16-29(28)24-19-21-27(22-20-24)34-37-30-17-9-10-18-31(30)39-34/h1-22,34,37H,23H2,(H2,35,36,38). The fourth-order valence-electron chi connectivity index (χ4n) is 4.64. The zero-order chi connectivity index (χ0) is 26.4. The monoisotopic (exact) mass is 508 g/mol. The van der Waals surface area contributed by atoms with Gasteiger partial charge in [-0.25, -0.2) is 4.99 Å². The van der Waals surface area contributed by atoms with E-state index in [9.17, 15) is 0 Å². The van der Waals surface area contributed by atoms with E-state index in [0.29, 0.717) is 18.2 Å². The molecular formula is C34H28N4O. The first-order chi connectivity index (χ1) is 19.2. The Balaban J connectivity index is 1.27. The SMILES string of the molecule is N/C(=N\C(=N/Cc1ccccc1-c1ccc(C2Nc3ccccc3O2)cc1)c1ccccc1)c1ccccc1. The van der Waals surface area contributed by atoms with E-state index in [1.54, 1.807) is 0 Å². The van der Waals surface area contributed by atoms with Crippen molar-refractivity contribution in [2.75, 3.05) is 5.32 Å². The van der Waals surface area contributed by atoms with E-state index in [1.165, 1.54) is 0 Å². The minimum absolute atomic E-state index is 0.197. The Morgan fingerprint density at radius 3 is 2.08 bits per heavy atom. The van der Waals surface area contributed by atoms with Crippen LogP contribution in [0.3, 0.4) is 0 Å². The molecule has 6 rings (SSSR count). The van der Waals surface area contributed by atoms with Gasteiger partial charge < -0.3 is 15.8 Å². The summed E-state index contributed by atoms with van der Waals surface area (Å²) in [4.78, 5) is 9.67. The molecule has 1 unspecified atom stereocenters. The second kappa shape index (κ2) is 11.1. The number of anilines is 1. The maximum Gasteiger partial charge on any atom is 0.196 e. The Bertz CT molecular complexity index is 1600. The molecule has 5 nitrogen and oxygen atoms in total. The number of nitrogens with one attached hydrogen (secondary N) is 1. The molecule has 190 valence electrons. The van der Waals surface area contributed by atoms with Gasteiger partial charge in [-0.05, 0) is 28.8 Å². The Hall–Kier alpha value is -5.16. The van der Waals surface area contributed by atoms with Crippen LogP contribution in [0, 0.1) is 0 Å². The quantitative estimate of drug-likeness (QED) is 0.188. The van der Waals surface area contributed by atoms with Crippen LogP contribution in [-0.2, 0) is 6.54 Å². The van der Waals surface area contributed by atoms with Crippen molar-refractivity contribution in [3.63, 3.8) is 0 Å². The van der Waals surface area contributed by atoms with E-state index >= 15 is 0 Å². The summed E-state index contributed by atoms with van der Waals surface area (Å²) in [5.41, 5.74) is 13.6. The molecule has 3 N–H and O–H groups in total. The Labute approximate surface area is 228 Å². The van der Waals surface area contributed by atoms with Crippen LogP contribution >= 0.6 is 0 Å². The second-order valence-electron chi connectivity index (χ2n) is 9.29. The topological polar surface area (TPSA) is 72.0 Å². The van der Waals surface area contributed by atoms with Crippen LogP contribution in [-0.4, -0.2) is 11.7 Å². The molecule has 5 aromatic rings. The highest BCUT2D eigenvalue weighted by molar-refractivity contribution is 6.10. The first-order valence-electron chi connectivity index (χ1n) is 12.9. The van der Waals surface area contributed by atoms with Crippen molar-refractivity contribution in [1.82, 2.24) is 0 Å². The van der Waals surface area contributed by atoms with Gasteiger partial charge in [-0.15, -0.1) is 0 Å². The normalized spacial score (nSPS) is 14.8. The van der Waals surface area contributed by atoms with Gasteiger partial charge in [0.1, 0.15) is 11.6 Å². The molecule has 0 radical (unpaired) electrons. The number of nitrogens with zero attached hydrogens (tertiary/aromatic N) is 2. The molecule has 39 heavy (non-hydrogen) atoms. The molecule has 0 aliphatic carbocycles. The number of fused-ring (bicyclic) bond motifs is 1. The van der Waals surface area contributed by atoms with E-state index in [2.05, 4.69) is 47.8 Å². The van der Waals surface area contributed by atoms with Crippen LogP contribution in [0.5, 0.6) is 5.75 Å². The van der Waals surface area contributed by atoms with Crippen LogP contribution in [0.25, 0.3) is 11.1 Å². The first-order valence-corrected chi connectivity index (χ1v) is 12.9. The Morgan fingerprint density at radius 2 is 1.33 bits per heavy atom. The molecule has 5 heteroatoms. The van der Waals surface area contributed by atoms with Gasteiger partial charge in [0, 0.05) is 16.7 Å². The van der Waals surface area contributed by atoms with Gasteiger partial charge in [0.15, 0.2) is 12.1 Å². The number of hydrogen-bond donors (Lipinski definition) is 2. The van der Waals surface area contributed by atoms with E-state index in [0.717, 1.165) is 44.8 Å². The summed E-state index contributed by atoms with van der Waals surface area (Å²) in [5, 5.41) is 3.43. The highest BCUT2D eigenvalue weighted by atomic mass is 16.5. The number of benzene rings is 5. The van der Waals surface area contributed by atoms with E-state index in [4.69, 9.17) is 20.5 Å². The maximum atomic E-state index is 6.37. The van der Waals surface area contributed by atoms with Gasteiger partial charge in [-0.1, -0.05) is 121 Å². The zero-order valence-corrected chi connectivity index (χ0v) is 21.4. The zero-order valence-electron chi connectivity index (χ0n) is 21.4. The van der Waals surface area contributed by atoms with Crippen molar-refractivity contribution in [3.05, 3.63) is 156 Å². The van der Waals surface area contributed by atoms with Crippen LogP contribution in [0.1, 0.15) is 28.5 Å². The number of nitrogens with two attached hydrogens (primary N) is 1. The minimum atomic E-state index is -0.197. The summed E-state index contributed by atoms with van der Waals surface area (Å²) in [7, 11) is 0. The molecule has 0 saturated carbocycles. The maximum absolute atomic E-state index is 6.37. The number of ether oxygens (including phenoxy) is 1. The third-order valence-electron chi connectivity index (χ3n) is 6.69. The minimum Gasteiger partial charge on any atom is -0.464 e. The summed E-state index contributed by atoms with van der Waals surface area (Å²) in [6.07, 6.45) is -0.197. The number of rotatable bonds is 6. The molecule has 1 heterocycles. The first kappa shape index (κ1) is 24.2. The van der Waals surface area contributed by atoms with Crippen molar-refractivity contribution < 1.29 is 4.74 Å². The molecule has 0 spiro atoms. The summed E-state index contributed by atoms with van der Waals surface area (Å²) < 4.78 is 6.08. The van der Waals surface area contributed by atoms with Crippen molar-refractivity contribution in [2.45, 2.75) is 12.8 Å². The summed E-state index contributed by atoms with van der Waals surface area (Å²) in [6, 6.07) is 44.5. The number of aliphatic imine (C=N–C) groups is 2. The number of para-hydroxylation sites is 2.